The van der Waals surface area contributed by atoms with E-state index in [1.165, 1.54) is 0 Å². The van der Waals surface area contributed by atoms with Crippen molar-refractivity contribution >= 4 is 17.3 Å². The topological polar surface area (TPSA) is 41.5 Å². The molecule has 1 unspecified atom stereocenters. The SMILES string of the molecule is Cc1ccc(OCC(F)F)c(NCC(O)CCl)c1. The van der Waals surface area contributed by atoms with Crippen LogP contribution in [0.3, 0.4) is 0 Å². The van der Waals surface area contributed by atoms with E-state index in [0.29, 0.717) is 11.4 Å². The van der Waals surface area contributed by atoms with E-state index in [0.717, 1.165) is 5.56 Å². The third-order valence-electron chi connectivity index (χ3n) is 2.21. The van der Waals surface area contributed by atoms with Crippen molar-refractivity contribution in [1.29, 1.82) is 0 Å². The van der Waals surface area contributed by atoms with Gasteiger partial charge in [0.05, 0.1) is 17.7 Å². The van der Waals surface area contributed by atoms with Crippen molar-refractivity contribution in [3.05, 3.63) is 23.8 Å². The van der Waals surface area contributed by atoms with Crippen LogP contribution >= 0.6 is 11.6 Å². The van der Waals surface area contributed by atoms with E-state index in [1.54, 1.807) is 18.2 Å². The van der Waals surface area contributed by atoms with E-state index in [1.807, 2.05) is 6.92 Å². The fourth-order valence-corrected chi connectivity index (χ4v) is 1.45. The summed E-state index contributed by atoms with van der Waals surface area (Å²) in [6.07, 6.45) is -3.22. The third kappa shape index (κ3) is 5.06. The molecule has 3 nitrogen and oxygen atoms in total. The van der Waals surface area contributed by atoms with Crippen LogP contribution in [0.4, 0.5) is 14.5 Å². The van der Waals surface area contributed by atoms with E-state index < -0.39 is 19.1 Å². The zero-order valence-electron chi connectivity index (χ0n) is 10.00. The summed E-state index contributed by atoms with van der Waals surface area (Å²) >= 11 is 5.47. The minimum Gasteiger partial charge on any atom is -0.485 e. The number of hydrogen-bond acceptors (Lipinski definition) is 3. The number of nitrogens with one attached hydrogen (secondary N) is 1. The van der Waals surface area contributed by atoms with Gasteiger partial charge in [0, 0.05) is 6.54 Å². The zero-order valence-corrected chi connectivity index (χ0v) is 10.8. The summed E-state index contributed by atoms with van der Waals surface area (Å²) in [5.74, 6) is 0.439. The van der Waals surface area contributed by atoms with Crippen LogP contribution in [0.2, 0.25) is 0 Å². The Kier molecular flexibility index (Phi) is 6.15. The normalized spacial score (nSPS) is 12.6. The van der Waals surface area contributed by atoms with Gasteiger partial charge in [-0.05, 0) is 24.6 Å². The number of aliphatic hydroxyl groups is 1. The van der Waals surface area contributed by atoms with Gasteiger partial charge in [-0.15, -0.1) is 11.6 Å². The molecule has 0 bridgehead atoms. The third-order valence-corrected chi connectivity index (χ3v) is 2.56. The average Bonchev–Trinajstić information content (AvgIpc) is 2.34. The van der Waals surface area contributed by atoms with Crippen molar-refractivity contribution in [3.63, 3.8) is 0 Å². The van der Waals surface area contributed by atoms with E-state index >= 15 is 0 Å². The second kappa shape index (κ2) is 7.38. The van der Waals surface area contributed by atoms with Crippen LogP contribution in [0.15, 0.2) is 18.2 Å². The molecule has 2 N–H and O–H groups in total. The minimum absolute atomic E-state index is 0.103. The maximum absolute atomic E-state index is 12.1. The number of hydrogen-bond donors (Lipinski definition) is 2. The van der Waals surface area contributed by atoms with Gasteiger partial charge < -0.3 is 15.2 Å². The first-order valence-corrected chi connectivity index (χ1v) is 6.06. The Balaban J connectivity index is 2.70. The number of alkyl halides is 3. The van der Waals surface area contributed by atoms with Crippen LogP contribution in [-0.2, 0) is 0 Å². The molecule has 0 aromatic heterocycles. The van der Waals surface area contributed by atoms with Crippen LogP contribution in [-0.4, -0.2) is 36.7 Å². The summed E-state index contributed by atoms with van der Waals surface area (Å²) in [4.78, 5) is 0. The van der Waals surface area contributed by atoms with Crippen molar-refractivity contribution in [1.82, 2.24) is 0 Å². The zero-order chi connectivity index (χ0) is 13.5. The van der Waals surface area contributed by atoms with Crippen molar-refractivity contribution in [2.24, 2.45) is 0 Å². The number of anilines is 1. The van der Waals surface area contributed by atoms with Gasteiger partial charge in [0.2, 0.25) is 0 Å². The Hall–Kier alpha value is -1.07. The van der Waals surface area contributed by atoms with Gasteiger partial charge in [-0.1, -0.05) is 6.07 Å². The van der Waals surface area contributed by atoms with Gasteiger partial charge >= 0.3 is 0 Å². The highest BCUT2D eigenvalue weighted by Gasteiger charge is 2.09. The van der Waals surface area contributed by atoms with Crippen molar-refractivity contribution in [3.8, 4) is 5.75 Å². The van der Waals surface area contributed by atoms with Gasteiger partial charge in [-0.3, -0.25) is 0 Å². The first-order chi connectivity index (χ1) is 8.52. The maximum Gasteiger partial charge on any atom is 0.272 e. The fourth-order valence-electron chi connectivity index (χ4n) is 1.34. The smallest absolute Gasteiger partial charge is 0.272 e. The number of aliphatic hydroxyl groups excluding tert-OH is 1. The molecular weight excluding hydrogens is 264 g/mol. The Morgan fingerprint density at radius 1 is 1.44 bits per heavy atom. The molecule has 1 aromatic carbocycles. The molecule has 0 saturated carbocycles. The summed E-state index contributed by atoms with van der Waals surface area (Å²) in [6.45, 7) is 1.45. The predicted molar refractivity (Wildman–Crippen MR) is 67.9 cm³/mol. The monoisotopic (exact) mass is 279 g/mol. The standard InChI is InChI=1S/C12H16ClF2NO2/c1-8-2-3-11(18-7-12(14)15)10(4-8)16-6-9(17)5-13/h2-4,9,12,16-17H,5-7H2,1H3. The molecule has 18 heavy (non-hydrogen) atoms. The lowest BCUT2D eigenvalue weighted by atomic mass is 10.2. The minimum atomic E-state index is -2.52. The Labute approximate surface area is 110 Å². The number of rotatable bonds is 7. The lowest BCUT2D eigenvalue weighted by Gasteiger charge is -2.15. The average molecular weight is 280 g/mol. The van der Waals surface area contributed by atoms with Gasteiger partial charge in [-0.25, -0.2) is 8.78 Å². The summed E-state index contributed by atoms with van der Waals surface area (Å²) in [6, 6.07) is 5.15. The molecule has 0 aliphatic rings. The van der Waals surface area contributed by atoms with E-state index in [4.69, 9.17) is 16.3 Å². The first kappa shape index (κ1) is 15.0. The maximum atomic E-state index is 12.1. The quantitative estimate of drug-likeness (QED) is 0.754. The molecule has 0 spiro atoms. The predicted octanol–water partition coefficient (Wildman–Crippen LogP) is 2.65. The second-order valence-electron chi connectivity index (χ2n) is 3.89. The molecule has 0 aliphatic heterocycles. The highest BCUT2D eigenvalue weighted by molar-refractivity contribution is 6.18. The Bertz CT molecular complexity index is 377. The van der Waals surface area contributed by atoms with Crippen LogP contribution < -0.4 is 10.1 Å². The molecular formula is C12H16ClF2NO2. The summed E-state index contributed by atoms with van der Waals surface area (Å²) in [7, 11) is 0. The highest BCUT2D eigenvalue weighted by Crippen LogP contribution is 2.26. The molecule has 0 heterocycles. The largest absolute Gasteiger partial charge is 0.485 e. The molecule has 1 atom stereocenters. The van der Waals surface area contributed by atoms with Gasteiger partial charge in [0.25, 0.3) is 6.43 Å². The van der Waals surface area contributed by atoms with Crippen LogP contribution in [0, 0.1) is 6.92 Å². The summed E-state index contributed by atoms with van der Waals surface area (Å²) in [5.41, 5.74) is 1.53. The molecule has 0 aliphatic carbocycles. The molecule has 1 rings (SSSR count). The summed E-state index contributed by atoms with van der Waals surface area (Å²) in [5, 5.41) is 12.3. The first-order valence-electron chi connectivity index (χ1n) is 5.52. The van der Waals surface area contributed by atoms with E-state index in [2.05, 4.69) is 5.32 Å². The van der Waals surface area contributed by atoms with Gasteiger partial charge in [0.1, 0.15) is 12.4 Å². The van der Waals surface area contributed by atoms with Crippen LogP contribution in [0.1, 0.15) is 5.56 Å². The van der Waals surface area contributed by atoms with Crippen LogP contribution in [0.25, 0.3) is 0 Å². The van der Waals surface area contributed by atoms with Crippen molar-refractivity contribution in [2.75, 3.05) is 24.3 Å². The molecule has 102 valence electrons. The molecule has 6 heteroatoms. The Morgan fingerprint density at radius 3 is 2.78 bits per heavy atom. The molecule has 1 aromatic rings. The Morgan fingerprint density at radius 2 is 2.17 bits per heavy atom. The lowest BCUT2D eigenvalue weighted by Crippen LogP contribution is -2.21. The second-order valence-corrected chi connectivity index (χ2v) is 4.20. The van der Waals surface area contributed by atoms with Crippen LogP contribution in [0.5, 0.6) is 5.75 Å². The summed E-state index contributed by atoms with van der Waals surface area (Å²) < 4.78 is 29.2. The number of aryl methyl sites for hydroxylation is 1. The number of halogens is 3. The molecule has 0 radical (unpaired) electrons. The highest BCUT2D eigenvalue weighted by atomic mass is 35.5. The number of benzene rings is 1. The van der Waals surface area contributed by atoms with Crippen molar-refractivity contribution < 1.29 is 18.6 Å². The molecule has 0 fully saturated rings. The number of ether oxygens (including phenoxy) is 1. The molecule has 0 saturated heterocycles. The van der Waals surface area contributed by atoms with Gasteiger partial charge in [-0.2, -0.15) is 0 Å². The fraction of sp³-hybridized carbons (Fsp3) is 0.500. The van der Waals surface area contributed by atoms with Gasteiger partial charge in [0.15, 0.2) is 0 Å². The molecule has 0 amide bonds. The lowest BCUT2D eigenvalue weighted by molar-refractivity contribution is 0.0822. The van der Waals surface area contributed by atoms with E-state index in [9.17, 15) is 13.9 Å². The van der Waals surface area contributed by atoms with E-state index in [-0.39, 0.29) is 12.4 Å². The van der Waals surface area contributed by atoms with Crippen molar-refractivity contribution in [2.45, 2.75) is 19.5 Å².